The Hall–Kier alpha value is -0.550. The number of hydrogen-bond acceptors (Lipinski definition) is 2. The largest absolute Gasteiger partial charge is 0.522 e. The van der Waals surface area contributed by atoms with Crippen LogP contribution in [0, 0.1) is 0 Å². The predicted octanol–water partition coefficient (Wildman–Crippen LogP) is 2.78. The summed E-state index contributed by atoms with van der Waals surface area (Å²) in [5, 5.41) is 1.70. The predicted molar refractivity (Wildman–Crippen MR) is 35.2 cm³/mol. The van der Waals surface area contributed by atoms with Crippen LogP contribution in [0.1, 0.15) is 4.88 Å². The maximum absolute atomic E-state index is 11.4. The molecule has 0 unspecified atom stereocenters. The van der Waals surface area contributed by atoms with E-state index in [4.69, 9.17) is 0 Å². The van der Waals surface area contributed by atoms with Crippen LogP contribution < -0.4 is 0 Å². The summed E-state index contributed by atoms with van der Waals surface area (Å²) in [6.45, 7) is -0.388. The molecule has 0 bridgehead atoms. The van der Waals surface area contributed by atoms with Gasteiger partial charge in [-0.3, -0.25) is 4.74 Å². The van der Waals surface area contributed by atoms with Crippen molar-refractivity contribution in [3.05, 3.63) is 22.4 Å². The molecule has 0 N–H and O–H groups in total. The summed E-state index contributed by atoms with van der Waals surface area (Å²) in [7, 11) is 0. The van der Waals surface area contributed by atoms with Gasteiger partial charge in [0.1, 0.15) is 0 Å². The van der Waals surface area contributed by atoms with Crippen LogP contribution in [-0.2, 0) is 11.3 Å². The third-order valence-electron chi connectivity index (χ3n) is 0.958. The molecule has 1 rings (SSSR count). The van der Waals surface area contributed by atoms with E-state index in [0.717, 1.165) is 0 Å². The Morgan fingerprint density at radius 2 is 2.18 bits per heavy atom. The van der Waals surface area contributed by atoms with Crippen LogP contribution in [0.3, 0.4) is 0 Å². The fourth-order valence-electron chi connectivity index (χ4n) is 0.548. The van der Waals surface area contributed by atoms with Crippen LogP contribution in [0.4, 0.5) is 13.2 Å². The van der Waals surface area contributed by atoms with Gasteiger partial charge in [-0.25, -0.2) is 0 Å². The summed E-state index contributed by atoms with van der Waals surface area (Å²) in [5.74, 6) is 0. The van der Waals surface area contributed by atoms with Crippen molar-refractivity contribution in [3.63, 3.8) is 0 Å². The monoisotopic (exact) mass is 182 g/mol. The minimum atomic E-state index is -4.52. The number of halogens is 3. The van der Waals surface area contributed by atoms with E-state index in [9.17, 15) is 13.2 Å². The van der Waals surface area contributed by atoms with Gasteiger partial charge < -0.3 is 0 Å². The van der Waals surface area contributed by atoms with Crippen molar-refractivity contribution in [2.75, 3.05) is 0 Å². The Kier molecular flexibility index (Phi) is 2.51. The van der Waals surface area contributed by atoms with E-state index in [1.54, 1.807) is 17.5 Å². The molecule has 1 heterocycles. The Morgan fingerprint density at radius 1 is 1.45 bits per heavy atom. The maximum Gasteiger partial charge on any atom is 0.522 e. The molecule has 1 nitrogen and oxygen atoms in total. The molecule has 62 valence electrons. The molecule has 11 heavy (non-hydrogen) atoms. The number of alkyl halides is 3. The first-order valence-electron chi connectivity index (χ1n) is 2.81. The van der Waals surface area contributed by atoms with Crippen LogP contribution in [0.2, 0.25) is 0 Å². The van der Waals surface area contributed by atoms with Crippen LogP contribution in [-0.4, -0.2) is 6.36 Å². The number of rotatable bonds is 2. The van der Waals surface area contributed by atoms with Crippen molar-refractivity contribution in [2.24, 2.45) is 0 Å². The lowest BCUT2D eigenvalue weighted by Gasteiger charge is -2.04. The van der Waals surface area contributed by atoms with Gasteiger partial charge in [0.25, 0.3) is 0 Å². The molecule has 1 aromatic rings. The highest BCUT2D eigenvalue weighted by Gasteiger charge is 2.28. The minimum Gasteiger partial charge on any atom is -0.286 e. The van der Waals surface area contributed by atoms with Crippen molar-refractivity contribution in [1.82, 2.24) is 0 Å². The highest BCUT2D eigenvalue weighted by atomic mass is 32.1. The zero-order chi connectivity index (χ0) is 8.32. The van der Waals surface area contributed by atoms with Crippen LogP contribution in [0.15, 0.2) is 17.5 Å². The first-order valence-corrected chi connectivity index (χ1v) is 3.69. The summed E-state index contributed by atoms with van der Waals surface area (Å²) in [4.78, 5) is 0.572. The van der Waals surface area contributed by atoms with Crippen LogP contribution >= 0.6 is 11.3 Å². The average Bonchev–Trinajstić information content (AvgIpc) is 2.32. The Balaban J connectivity index is 2.35. The molecule has 0 saturated carbocycles. The maximum atomic E-state index is 11.4. The zero-order valence-electron chi connectivity index (χ0n) is 5.39. The second-order valence-corrected chi connectivity index (χ2v) is 2.85. The molecule has 0 aromatic carbocycles. The van der Waals surface area contributed by atoms with Gasteiger partial charge in [0, 0.05) is 4.88 Å². The molecule has 0 aliphatic carbocycles. The van der Waals surface area contributed by atoms with Crippen molar-refractivity contribution in [3.8, 4) is 0 Å². The lowest BCUT2D eigenvalue weighted by molar-refractivity contribution is -0.330. The topological polar surface area (TPSA) is 9.23 Å². The summed E-state index contributed by atoms with van der Waals surface area (Å²) < 4.78 is 37.9. The summed E-state index contributed by atoms with van der Waals surface area (Å²) in [5.41, 5.74) is 0. The summed E-state index contributed by atoms with van der Waals surface area (Å²) in [6, 6.07) is 3.27. The van der Waals surface area contributed by atoms with E-state index in [2.05, 4.69) is 4.74 Å². The quantitative estimate of drug-likeness (QED) is 0.683. The van der Waals surface area contributed by atoms with E-state index in [0.29, 0.717) is 4.88 Å². The van der Waals surface area contributed by atoms with Crippen molar-refractivity contribution in [1.29, 1.82) is 0 Å². The fourth-order valence-corrected chi connectivity index (χ4v) is 1.16. The van der Waals surface area contributed by atoms with Crippen LogP contribution in [0.5, 0.6) is 0 Å². The highest BCUT2D eigenvalue weighted by molar-refractivity contribution is 7.09. The standard InChI is InChI=1S/C6H5F3OS/c7-6(8,9)10-4-5-2-1-3-11-5/h1-3H,4H2. The lowest BCUT2D eigenvalue weighted by Crippen LogP contribution is -2.12. The van der Waals surface area contributed by atoms with Crippen molar-refractivity contribution in [2.45, 2.75) is 13.0 Å². The molecule has 0 spiro atoms. The molecule has 0 aliphatic heterocycles. The summed E-state index contributed by atoms with van der Waals surface area (Å²) in [6.07, 6.45) is -4.52. The molecule has 0 saturated heterocycles. The molecular formula is C6H5F3OS. The van der Waals surface area contributed by atoms with Gasteiger partial charge in [0.15, 0.2) is 0 Å². The second-order valence-electron chi connectivity index (χ2n) is 1.81. The normalized spacial score (nSPS) is 11.9. The minimum absolute atomic E-state index is 0.388. The van der Waals surface area contributed by atoms with Crippen molar-refractivity contribution >= 4 is 11.3 Å². The van der Waals surface area contributed by atoms with Crippen LogP contribution in [0.25, 0.3) is 0 Å². The molecule has 0 amide bonds. The number of hydrogen-bond donors (Lipinski definition) is 0. The number of thiophene rings is 1. The molecule has 5 heteroatoms. The molecule has 0 aliphatic rings. The zero-order valence-corrected chi connectivity index (χ0v) is 6.21. The van der Waals surface area contributed by atoms with E-state index in [-0.39, 0.29) is 6.61 Å². The SMILES string of the molecule is FC(F)(F)OCc1cccs1. The summed E-state index contributed by atoms with van der Waals surface area (Å²) >= 11 is 1.24. The third kappa shape index (κ3) is 3.38. The molecule has 0 fully saturated rings. The molecule has 0 atom stereocenters. The van der Waals surface area contributed by atoms with Gasteiger partial charge in [-0.1, -0.05) is 6.07 Å². The van der Waals surface area contributed by atoms with E-state index >= 15 is 0 Å². The fraction of sp³-hybridized carbons (Fsp3) is 0.333. The number of ether oxygens (including phenoxy) is 1. The molecule has 1 aromatic heterocycles. The van der Waals surface area contributed by atoms with Gasteiger partial charge in [-0.05, 0) is 11.4 Å². The molecule has 0 radical (unpaired) electrons. The molecular weight excluding hydrogens is 177 g/mol. The van der Waals surface area contributed by atoms with E-state index in [1.165, 1.54) is 11.3 Å². The smallest absolute Gasteiger partial charge is 0.286 e. The van der Waals surface area contributed by atoms with E-state index < -0.39 is 6.36 Å². The highest BCUT2D eigenvalue weighted by Crippen LogP contribution is 2.20. The van der Waals surface area contributed by atoms with Gasteiger partial charge in [-0.15, -0.1) is 24.5 Å². The Bertz CT molecular complexity index is 204. The van der Waals surface area contributed by atoms with E-state index in [1.807, 2.05) is 0 Å². The lowest BCUT2D eigenvalue weighted by atomic mass is 10.5. The van der Waals surface area contributed by atoms with Gasteiger partial charge in [-0.2, -0.15) is 0 Å². The average molecular weight is 182 g/mol. The second kappa shape index (κ2) is 3.23. The Morgan fingerprint density at radius 3 is 2.64 bits per heavy atom. The van der Waals surface area contributed by atoms with Gasteiger partial charge >= 0.3 is 6.36 Å². The van der Waals surface area contributed by atoms with Gasteiger partial charge in [0.2, 0.25) is 0 Å². The first-order chi connectivity index (χ1) is 5.08. The Labute approximate surface area is 65.4 Å². The van der Waals surface area contributed by atoms with Gasteiger partial charge in [0.05, 0.1) is 6.61 Å². The first kappa shape index (κ1) is 8.55. The third-order valence-corrected chi connectivity index (χ3v) is 1.81. The van der Waals surface area contributed by atoms with Crippen molar-refractivity contribution < 1.29 is 17.9 Å².